The van der Waals surface area contributed by atoms with Gasteiger partial charge in [0, 0.05) is 0 Å². The Morgan fingerprint density at radius 3 is 2.64 bits per heavy atom. The van der Waals surface area contributed by atoms with Crippen LogP contribution in [0.4, 0.5) is 0 Å². The van der Waals surface area contributed by atoms with Gasteiger partial charge in [0.15, 0.2) is 5.41 Å². The monoisotopic (exact) mass is 290 g/mol. The molecule has 0 saturated carbocycles. The smallest absolute Gasteiger partial charge is 0.194 e. The molecule has 0 fully saturated rings. The van der Waals surface area contributed by atoms with Crippen molar-refractivity contribution in [2.45, 2.75) is 25.2 Å². The normalized spacial score (nSPS) is 26.1. The van der Waals surface area contributed by atoms with Gasteiger partial charge in [-0.3, -0.25) is 0 Å². The SMILES string of the molecule is N#CC1=C(N)C(C#N)(C#N)[C@@H](c2ccco2)[C@H]2CCCC=C12. The van der Waals surface area contributed by atoms with Crippen molar-refractivity contribution in [3.05, 3.63) is 47.1 Å². The molecule has 0 aliphatic heterocycles. The van der Waals surface area contributed by atoms with Gasteiger partial charge in [-0.2, -0.15) is 15.8 Å². The summed E-state index contributed by atoms with van der Waals surface area (Å²) in [5.74, 6) is -0.0110. The number of hydrogen-bond acceptors (Lipinski definition) is 5. The van der Waals surface area contributed by atoms with Crippen molar-refractivity contribution in [2.24, 2.45) is 17.1 Å². The van der Waals surface area contributed by atoms with Crippen LogP contribution in [0.3, 0.4) is 0 Å². The van der Waals surface area contributed by atoms with Gasteiger partial charge in [-0.25, -0.2) is 0 Å². The third kappa shape index (κ3) is 1.68. The molecule has 2 atom stereocenters. The number of rotatable bonds is 1. The number of nitrogens with two attached hydrogens (primary N) is 1. The zero-order valence-electron chi connectivity index (χ0n) is 11.9. The number of nitriles is 3. The van der Waals surface area contributed by atoms with Gasteiger partial charge in [-0.15, -0.1) is 0 Å². The highest BCUT2D eigenvalue weighted by Crippen LogP contribution is 2.55. The second-order valence-corrected chi connectivity index (χ2v) is 5.62. The van der Waals surface area contributed by atoms with E-state index in [2.05, 4.69) is 18.2 Å². The Hall–Kier alpha value is -2.97. The topological polar surface area (TPSA) is 111 Å². The molecule has 0 spiro atoms. The highest BCUT2D eigenvalue weighted by molar-refractivity contribution is 5.58. The summed E-state index contributed by atoms with van der Waals surface area (Å²) >= 11 is 0. The van der Waals surface area contributed by atoms with Gasteiger partial charge < -0.3 is 10.2 Å². The Labute approximate surface area is 128 Å². The predicted molar refractivity (Wildman–Crippen MR) is 77.4 cm³/mol. The molecule has 3 rings (SSSR count). The highest BCUT2D eigenvalue weighted by Gasteiger charge is 2.54. The van der Waals surface area contributed by atoms with Crippen molar-refractivity contribution in [3.63, 3.8) is 0 Å². The Kier molecular flexibility index (Phi) is 3.24. The van der Waals surface area contributed by atoms with Crippen molar-refractivity contribution >= 4 is 0 Å². The van der Waals surface area contributed by atoms with E-state index < -0.39 is 11.3 Å². The van der Waals surface area contributed by atoms with Crippen molar-refractivity contribution < 1.29 is 4.42 Å². The standard InChI is InChI=1S/C17H14N4O/c18-8-13-11-4-1-2-5-12(11)15(14-6-3-7-22-14)17(9-19,10-20)16(13)21/h3-4,6-7,12,15H,1-2,5,21H2/t12-,15+/m0/s1. The third-order valence-electron chi connectivity index (χ3n) is 4.65. The average molecular weight is 290 g/mol. The first kappa shape index (κ1) is 14.0. The maximum absolute atomic E-state index is 9.73. The summed E-state index contributed by atoms with van der Waals surface area (Å²) in [5, 5.41) is 28.9. The molecule has 0 unspecified atom stereocenters. The molecule has 0 bridgehead atoms. The van der Waals surface area contributed by atoms with Crippen LogP contribution < -0.4 is 5.73 Å². The lowest BCUT2D eigenvalue weighted by atomic mass is 9.58. The lowest BCUT2D eigenvalue weighted by Crippen LogP contribution is -2.42. The molecule has 1 aromatic rings. The second kappa shape index (κ2) is 5.10. The number of nitrogens with zero attached hydrogens (tertiary/aromatic N) is 3. The fourth-order valence-electron chi connectivity index (χ4n) is 3.65. The number of furan rings is 1. The maximum Gasteiger partial charge on any atom is 0.194 e. The minimum absolute atomic E-state index is 0.0470. The molecule has 0 amide bonds. The van der Waals surface area contributed by atoms with E-state index in [1.54, 1.807) is 12.1 Å². The van der Waals surface area contributed by atoms with Crippen molar-refractivity contribution in [1.82, 2.24) is 0 Å². The summed E-state index contributed by atoms with van der Waals surface area (Å²) in [5.41, 5.74) is 5.75. The summed E-state index contributed by atoms with van der Waals surface area (Å²) in [7, 11) is 0. The van der Waals surface area contributed by atoms with Crippen LogP contribution in [0.1, 0.15) is 30.9 Å². The molecule has 2 aliphatic carbocycles. The van der Waals surface area contributed by atoms with Gasteiger partial charge in [0.1, 0.15) is 11.8 Å². The van der Waals surface area contributed by atoms with Gasteiger partial charge in [0.25, 0.3) is 0 Å². The molecule has 5 nitrogen and oxygen atoms in total. The molecule has 5 heteroatoms. The average Bonchev–Trinajstić information content (AvgIpc) is 3.08. The van der Waals surface area contributed by atoms with Crippen LogP contribution in [-0.2, 0) is 0 Å². The first-order valence-electron chi connectivity index (χ1n) is 7.16. The number of hydrogen-bond donors (Lipinski definition) is 1. The molecule has 22 heavy (non-hydrogen) atoms. The van der Waals surface area contributed by atoms with Crippen LogP contribution in [0.25, 0.3) is 0 Å². The minimum Gasteiger partial charge on any atom is -0.469 e. The Morgan fingerprint density at radius 2 is 2.05 bits per heavy atom. The molecule has 1 aromatic heterocycles. The zero-order valence-corrected chi connectivity index (χ0v) is 11.9. The lowest BCUT2D eigenvalue weighted by Gasteiger charge is -2.41. The first-order valence-corrected chi connectivity index (χ1v) is 7.16. The van der Waals surface area contributed by atoms with E-state index >= 15 is 0 Å². The fourth-order valence-corrected chi connectivity index (χ4v) is 3.65. The summed E-state index contributed by atoms with van der Waals surface area (Å²) in [6.07, 6.45) is 6.17. The third-order valence-corrected chi connectivity index (χ3v) is 4.65. The van der Waals surface area contributed by atoms with E-state index in [4.69, 9.17) is 10.2 Å². The van der Waals surface area contributed by atoms with Crippen LogP contribution in [0, 0.1) is 45.3 Å². The van der Waals surface area contributed by atoms with Crippen molar-refractivity contribution in [2.75, 3.05) is 0 Å². The Morgan fingerprint density at radius 1 is 1.27 bits per heavy atom. The Bertz CT molecular complexity index is 766. The van der Waals surface area contributed by atoms with Crippen molar-refractivity contribution in [3.8, 4) is 18.2 Å². The quantitative estimate of drug-likeness (QED) is 0.854. The summed E-state index contributed by atoms with van der Waals surface area (Å²) in [6, 6.07) is 9.74. The van der Waals surface area contributed by atoms with Crippen LogP contribution in [0.2, 0.25) is 0 Å². The summed E-state index contributed by atoms with van der Waals surface area (Å²) in [4.78, 5) is 0. The number of allylic oxidation sites excluding steroid dienone is 4. The highest BCUT2D eigenvalue weighted by atomic mass is 16.3. The van der Waals surface area contributed by atoms with Crippen LogP contribution in [-0.4, -0.2) is 0 Å². The van der Waals surface area contributed by atoms with E-state index in [9.17, 15) is 15.8 Å². The van der Waals surface area contributed by atoms with Gasteiger partial charge >= 0.3 is 0 Å². The number of fused-ring (bicyclic) bond motifs is 1. The largest absolute Gasteiger partial charge is 0.469 e. The van der Waals surface area contributed by atoms with E-state index in [-0.39, 0.29) is 17.2 Å². The molecule has 1 heterocycles. The summed E-state index contributed by atoms with van der Waals surface area (Å²) in [6.45, 7) is 0. The van der Waals surface area contributed by atoms with Gasteiger partial charge in [-0.1, -0.05) is 6.08 Å². The molecular weight excluding hydrogens is 276 g/mol. The van der Waals surface area contributed by atoms with Gasteiger partial charge in [0.2, 0.25) is 0 Å². The first-order chi connectivity index (χ1) is 10.7. The second-order valence-electron chi connectivity index (χ2n) is 5.62. The Balaban J connectivity index is 2.33. The van der Waals surface area contributed by atoms with Crippen LogP contribution >= 0.6 is 0 Å². The summed E-state index contributed by atoms with van der Waals surface area (Å²) < 4.78 is 5.51. The van der Waals surface area contributed by atoms with E-state index in [0.717, 1.165) is 24.8 Å². The van der Waals surface area contributed by atoms with E-state index in [1.165, 1.54) is 6.26 Å². The van der Waals surface area contributed by atoms with Gasteiger partial charge in [-0.05, 0) is 42.9 Å². The van der Waals surface area contributed by atoms with E-state index in [1.807, 2.05) is 6.08 Å². The molecule has 108 valence electrons. The predicted octanol–water partition coefficient (Wildman–Crippen LogP) is 2.87. The molecule has 2 aliphatic rings. The zero-order chi connectivity index (χ0) is 15.7. The molecule has 0 saturated heterocycles. The minimum atomic E-state index is -1.57. The van der Waals surface area contributed by atoms with Crippen LogP contribution in [0.5, 0.6) is 0 Å². The molecule has 0 radical (unpaired) electrons. The molecule has 2 N–H and O–H groups in total. The fraction of sp³-hybridized carbons (Fsp3) is 0.353. The van der Waals surface area contributed by atoms with E-state index in [0.29, 0.717) is 5.76 Å². The maximum atomic E-state index is 9.73. The lowest BCUT2D eigenvalue weighted by molar-refractivity contribution is 0.275. The van der Waals surface area contributed by atoms with Gasteiger partial charge in [0.05, 0.1) is 35.6 Å². The van der Waals surface area contributed by atoms with Crippen molar-refractivity contribution in [1.29, 1.82) is 15.8 Å². The molecule has 0 aromatic carbocycles. The van der Waals surface area contributed by atoms with Crippen LogP contribution in [0.15, 0.2) is 45.7 Å². The molecular formula is C17H14N4O.